The third-order valence-electron chi connectivity index (χ3n) is 2.93. The molecule has 0 bridgehead atoms. The molecule has 0 saturated heterocycles. The van der Waals surface area contributed by atoms with Gasteiger partial charge in [-0.1, -0.05) is 23.2 Å². The van der Waals surface area contributed by atoms with Gasteiger partial charge in [0.15, 0.2) is 5.96 Å². The van der Waals surface area contributed by atoms with Crippen LogP contribution in [0.3, 0.4) is 0 Å². The van der Waals surface area contributed by atoms with Crippen molar-refractivity contribution in [2.45, 2.75) is 13.1 Å². The van der Waals surface area contributed by atoms with E-state index in [4.69, 9.17) is 23.2 Å². The van der Waals surface area contributed by atoms with Gasteiger partial charge in [0.25, 0.3) is 0 Å². The quantitative estimate of drug-likeness (QED) is 0.591. The highest BCUT2D eigenvalue weighted by molar-refractivity contribution is 9.10. The first-order valence-corrected chi connectivity index (χ1v) is 8.61. The molecule has 0 aliphatic heterocycles. The molecule has 2 N–H and O–H groups in total. The molecule has 0 unspecified atom stereocenters. The second-order valence-corrected chi connectivity index (χ2v) is 7.02. The monoisotopic (exact) mass is 408 g/mol. The summed E-state index contributed by atoms with van der Waals surface area (Å²) in [5.74, 6) is 0.730. The van der Waals surface area contributed by atoms with Crippen molar-refractivity contribution in [3.05, 3.63) is 42.7 Å². The number of nitrogens with zero attached hydrogens (tertiary/aromatic N) is 2. The van der Waals surface area contributed by atoms with E-state index in [2.05, 4.69) is 43.0 Å². The minimum absolute atomic E-state index is 0.542. The van der Waals surface area contributed by atoms with Crippen LogP contribution in [0.4, 0.5) is 0 Å². The van der Waals surface area contributed by atoms with E-state index in [0.29, 0.717) is 16.7 Å². The largest absolute Gasteiger partial charge is 0.352 e. The van der Waals surface area contributed by atoms with Gasteiger partial charge in [0.2, 0.25) is 0 Å². The number of rotatable bonds is 4. The summed E-state index contributed by atoms with van der Waals surface area (Å²) in [6, 6.07) is 3.93. The summed E-state index contributed by atoms with van der Waals surface area (Å²) >= 11 is 17.2. The minimum Gasteiger partial charge on any atom is -0.352 e. The molecule has 0 spiro atoms. The molecule has 21 heavy (non-hydrogen) atoms. The van der Waals surface area contributed by atoms with Crippen molar-refractivity contribution >= 4 is 56.4 Å². The lowest BCUT2D eigenvalue weighted by atomic mass is 10.4. The van der Waals surface area contributed by atoms with Gasteiger partial charge in [-0.3, -0.25) is 4.99 Å². The van der Waals surface area contributed by atoms with Gasteiger partial charge < -0.3 is 15.2 Å². The van der Waals surface area contributed by atoms with Gasteiger partial charge >= 0.3 is 0 Å². The topological polar surface area (TPSA) is 41.4 Å². The summed E-state index contributed by atoms with van der Waals surface area (Å²) in [5.41, 5.74) is 0.992. The van der Waals surface area contributed by atoms with Gasteiger partial charge in [0.05, 0.1) is 18.1 Å². The van der Waals surface area contributed by atoms with E-state index in [1.54, 1.807) is 18.4 Å². The Hall–Kier alpha value is -0.690. The molecule has 4 nitrogen and oxygen atoms in total. The SMILES string of the molecule is CN=C(NCc1cc(Br)cs1)NCc1cc(Cl)c(Cl)n1C. The van der Waals surface area contributed by atoms with Crippen LogP contribution in [0.25, 0.3) is 0 Å². The van der Waals surface area contributed by atoms with E-state index >= 15 is 0 Å². The molecule has 2 rings (SSSR count). The second kappa shape index (κ2) is 7.54. The Bertz CT molecular complexity index is 651. The first-order chi connectivity index (χ1) is 10.0. The third kappa shape index (κ3) is 4.39. The lowest BCUT2D eigenvalue weighted by molar-refractivity contribution is 0.752. The van der Waals surface area contributed by atoms with Gasteiger partial charge in [0, 0.05) is 34.5 Å². The first kappa shape index (κ1) is 16.7. The molecular formula is C13H15BrCl2N4S. The fourth-order valence-corrected chi connectivity index (χ4v) is 3.58. The van der Waals surface area contributed by atoms with Gasteiger partial charge in [-0.25, -0.2) is 0 Å². The number of hydrogen-bond donors (Lipinski definition) is 2. The molecule has 2 aromatic heterocycles. The van der Waals surface area contributed by atoms with E-state index in [9.17, 15) is 0 Å². The molecule has 2 heterocycles. The number of halogens is 3. The van der Waals surface area contributed by atoms with Crippen molar-refractivity contribution in [2.75, 3.05) is 7.05 Å². The average molecular weight is 410 g/mol. The molecular weight excluding hydrogens is 395 g/mol. The Kier molecular flexibility index (Phi) is 5.98. The van der Waals surface area contributed by atoms with Crippen molar-refractivity contribution in [3.63, 3.8) is 0 Å². The van der Waals surface area contributed by atoms with E-state index in [1.165, 1.54) is 4.88 Å². The molecule has 114 valence electrons. The Balaban J connectivity index is 1.89. The smallest absolute Gasteiger partial charge is 0.191 e. The van der Waals surface area contributed by atoms with Crippen LogP contribution in [0, 0.1) is 0 Å². The van der Waals surface area contributed by atoms with E-state index in [0.717, 1.165) is 22.7 Å². The molecule has 0 radical (unpaired) electrons. The fourth-order valence-electron chi connectivity index (χ4n) is 1.77. The predicted molar refractivity (Wildman–Crippen MR) is 94.5 cm³/mol. The lowest BCUT2D eigenvalue weighted by Gasteiger charge is -2.11. The van der Waals surface area contributed by atoms with Crippen molar-refractivity contribution in [1.29, 1.82) is 0 Å². The number of hydrogen-bond acceptors (Lipinski definition) is 2. The number of thiophene rings is 1. The highest BCUT2D eigenvalue weighted by Crippen LogP contribution is 2.25. The maximum Gasteiger partial charge on any atom is 0.191 e. The Morgan fingerprint density at radius 1 is 1.33 bits per heavy atom. The van der Waals surface area contributed by atoms with Crippen LogP contribution in [0.15, 0.2) is 27.0 Å². The summed E-state index contributed by atoms with van der Waals surface area (Å²) < 4.78 is 2.95. The number of nitrogens with one attached hydrogen (secondary N) is 2. The van der Waals surface area contributed by atoms with Crippen molar-refractivity contribution in [3.8, 4) is 0 Å². The summed E-state index contributed by atoms with van der Waals surface area (Å²) in [5, 5.41) is 9.66. The standard InChI is InChI=1S/C13H15BrCl2N4S/c1-17-13(19-6-10-3-8(14)7-21-10)18-5-9-4-11(15)12(16)20(9)2/h3-4,7H,5-6H2,1-2H3,(H2,17,18,19). The minimum atomic E-state index is 0.542. The maximum absolute atomic E-state index is 6.05. The lowest BCUT2D eigenvalue weighted by Crippen LogP contribution is -2.36. The highest BCUT2D eigenvalue weighted by Gasteiger charge is 2.09. The van der Waals surface area contributed by atoms with Gasteiger partial charge in [-0.05, 0) is 28.1 Å². The number of guanidine groups is 1. The Labute approximate surface area is 146 Å². The third-order valence-corrected chi connectivity index (χ3v) is 5.47. The van der Waals surface area contributed by atoms with Crippen molar-refractivity contribution < 1.29 is 0 Å². The molecule has 2 aromatic rings. The zero-order chi connectivity index (χ0) is 15.4. The molecule has 0 amide bonds. The molecule has 0 saturated carbocycles. The van der Waals surface area contributed by atoms with E-state index in [1.807, 2.05) is 17.7 Å². The zero-order valence-corrected chi connectivity index (χ0v) is 15.5. The van der Waals surface area contributed by atoms with Crippen LogP contribution in [-0.2, 0) is 20.1 Å². The molecule has 0 aliphatic carbocycles. The highest BCUT2D eigenvalue weighted by atomic mass is 79.9. The van der Waals surface area contributed by atoms with Gasteiger partial charge in [-0.2, -0.15) is 0 Å². The van der Waals surface area contributed by atoms with E-state index < -0.39 is 0 Å². The van der Waals surface area contributed by atoms with Crippen molar-refractivity contribution in [1.82, 2.24) is 15.2 Å². The molecule has 0 fully saturated rings. The van der Waals surface area contributed by atoms with Crippen LogP contribution in [-0.4, -0.2) is 17.6 Å². The van der Waals surface area contributed by atoms with Gasteiger partial charge in [0.1, 0.15) is 5.15 Å². The normalized spacial score (nSPS) is 11.8. The number of aliphatic imine (C=N–C) groups is 1. The van der Waals surface area contributed by atoms with Gasteiger partial charge in [-0.15, -0.1) is 11.3 Å². The zero-order valence-electron chi connectivity index (χ0n) is 11.6. The summed E-state index contributed by atoms with van der Waals surface area (Å²) in [4.78, 5) is 5.43. The Morgan fingerprint density at radius 2 is 2.05 bits per heavy atom. The predicted octanol–water partition coefficient (Wildman–Crippen LogP) is 4.02. The van der Waals surface area contributed by atoms with Crippen LogP contribution >= 0.6 is 50.5 Å². The van der Waals surface area contributed by atoms with Crippen LogP contribution < -0.4 is 10.6 Å². The fraction of sp³-hybridized carbons (Fsp3) is 0.308. The molecule has 8 heteroatoms. The summed E-state index contributed by atoms with van der Waals surface area (Å²) in [6.45, 7) is 1.32. The maximum atomic E-state index is 6.05. The molecule has 0 aromatic carbocycles. The number of aromatic nitrogens is 1. The second-order valence-electron chi connectivity index (χ2n) is 4.34. The average Bonchev–Trinajstić information content (AvgIpc) is 2.98. The van der Waals surface area contributed by atoms with Crippen LogP contribution in [0.1, 0.15) is 10.6 Å². The first-order valence-electron chi connectivity index (χ1n) is 6.18. The van der Waals surface area contributed by atoms with Crippen LogP contribution in [0.2, 0.25) is 10.2 Å². The summed E-state index contributed by atoms with van der Waals surface area (Å²) in [7, 11) is 3.62. The molecule has 0 aliphatic rings. The Morgan fingerprint density at radius 3 is 2.57 bits per heavy atom. The van der Waals surface area contributed by atoms with Crippen molar-refractivity contribution in [2.24, 2.45) is 12.0 Å². The van der Waals surface area contributed by atoms with E-state index in [-0.39, 0.29) is 0 Å². The van der Waals surface area contributed by atoms with Crippen LogP contribution in [0.5, 0.6) is 0 Å². The summed E-state index contributed by atoms with van der Waals surface area (Å²) in [6.07, 6.45) is 0. The molecule has 0 atom stereocenters.